The number of rotatable bonds is 8. The average Bonchev–Trinajstić information content (AvgIpc) is 2.74. The molecule has 0 radical (unpaired) electrons. The summed E-state index contributed by atoms with van der Waals surface area (Å²) in [7, 11) is 0. The molecule has 1 fully saturated rings. The lowest BCUT2D eigenvalue weighted by Gasteiger charge is -2.34. The molecule has 31 heavy (non-hydrogen) atoms. The Kier molecular flexibility index (Phi) is 7.62. The maximum Gasteiger partial charge on any atom is 0.416 e. The topological polar surface area (TPSA) is 74.3 Å². The van der Waals surface area contributed by atoms with Crippen molar-refractivity contribution in [2.75, 3.05) is 19.6 Å². The molecule has 0 bridgehead atoms. The molecule has 1 atom stereocenters. The lowest BCUT2D eigenvalue weighted by atomic mass is 10.0. The Bertz CT molecular complexity index is 890. The molecule has 2 N–H and O–H groups in total. The Hall–Kier alpha value is -2.94. The Morgan fingerprint density at radius 2 is 2.03 bits per heavy atom. The number of amides is 2. The van der Waals surface area contributed by atoms with Crippen LogP contribution in [0.25, 0.3) is 0 Å². The van der Waals surface area contributed by atoms with E-state index in [0.717, 1.165) is 30.5 Å². The number of hydrogen-bond donors (Lipinski definition) is 2. The lowest BCUT2D eigenvalue weighted by Crippen LogP contribution is -2.56. The van der Waals surface area contributed by atoms with Crippen LogP contribution in [0.4, 0.5) is 13.2 Å². The first-order valence-electron chi connectivity index (χ1n) is 10.2. The number of carbonyl (C=O) groups excluding carboxylic acids is 2. The minimum absolute atomic E-state index is 0.0440. The monoisotopic (exact) mass is 434 g/mol. The van der Waals surface area contributed by atoms with Crippen molar-refractivity contribution in [3.8, 4) is 0 Å². The SMILES string of the molecule is O=C(C[C@H]1C(=O)NCCN1Cc1cccc(C(F)(F)F)c1)NCCCc1cccnc1. The second kappa shape index (κ2) is 10.4. The van der Waals surface area contributed by atoms with Gasteiger partial charge in [0.05, 0.1) is 18.0 Å². The van der Waals surface area contributed by atoms with Crippen molar-refractivity contribution >= 4 is 11.8 Å². The van der Waals surface area contributed by atoms with Crippen LogP contribution in [0.3, 0.4) is 0 Å². The molecule has 0 spiro atoms. The summed E-state index contributed by atoms with van der Waals surface area (Å²) in [5.74, 6) is -0.550. The van der Waals surface area contributed by atoms with E-state index < -0.39 is 17.8 Å². The van der Waals surface area contributed by atoms with E-state index in [1.165, 1.54) is 6.07 Å². The molecule has 3 rings (SSSR count). The highest BCUT2D eigenvalue weighted by Gasteiger charge is 2.33. The molecule has 2 heterocycles. The van der Waals surface area contributed by atoms with E-state index in [1.807, 2.05) is 12.1 Å². The zero-order valence-corrected chi connectivity index (χ0v) is 17.0. The molecule has 2 aromatic rings. The van der Waals surface area contributed by atoms with Gasteiger partial charge in [-0.05, 0) is 36.1 Å². The Morgan fingerprint density at radius 1 is 1.23 bits per heavy atom. The van der Waals surface area contributed by atoms with E-state index >= 15 is 0 Å². The first-order valence-corrected chi connectivity index (χ1v) is 10.2. The fraction of sp³-hybridized carbons (Fsp3) is 0.409. The number of piperazine rings is 1. The minimum Gasteiger partial charge on any atom is -0.356 e. The molecule has 9 heteroatoms. The van der Waals surface area contributed by atoms with Gasteiger partial charge < -0.3 is 10.6 Å². The van der Waals surface area contributed by atoms with Crippen molar-refractivity contribution in [3.05, 3.63) is 65.5 Å². The van der Waals surface area contributed by atoms with Gasteiger partial charge in [0.2, 0.25) is 11.8 Å². The van der Waals surface area contributed by atoms with Crippen molar-refractivity contribution in [3.63, 3.8) is 0 Å². The second-order valence-electron chi connectivity index (χ2n) is 7.49. The van der Waals surface area contributed by atoms with Crippen LogP contribution in [-0.4, -0.2) is 47.4 Å². The van der Waals surface area contributed by atoms with Gasteiger partial charge in [-0.1, -0.05) is 24.3 Å². The van der Waals surface area contributed by atoms with E-state index in [9.17, 15) is 22.8 Å². The number of aryl methyl sites for hydroxylation is 1. The maximum absolute atomic E-state index is 13.0. The van der Waals surface area contributed by atoms with Crippen LogP contribution in [0.5, 0.6) is 0 Å². The van der Waals surface area contributed by atoms with Gasteiger partial charge in [-0.2, -0.15) is 13.2 Å². The predicted octanol–water partition coefficient (Wildman–Crippen LogP) is 2.54. The molecule has 2 amide bonds. The molecule has 166 valence electrons. The minimum atomic E-state index is -4.43. The number of carbonyl (C=O) groups is 2. The number of benzene rings is 1. The van der Waals surface area contributed by atoms with Gasteiger partial charge in [0.1, 0.15) is 0 Å². The molecular weight excluding hydrogens is 409 g/mol. The number of alkyl halides is 3. The third-order valence-electron chi connectivity index (χ3n) is 5.15. The van der Waals surface area contributed by atoms with Crippen molar-refractivity contribution in [1.29, 1.82) is 0 Å². The van der Waals surface area contributed by atoms with E-state index in [2.05, 4.69) is 15.6 Å². The molecule has 0 saturated carbocycles. The highest BCUT2D eigenvalue weighted by Crippen LogP contribution is 2.30. The van der Waals surface area contributed by atoms with Crippen LogP contribution in [-0.2, 0) is 28.7 Å². The molecule has 1 aliphatic rings. The van der Waals surface area contributed by atoms with Crippen LogP contribution in [0.2, 0.25) is 0 Å². The first kappa shape index (κ1) is 22.7. The molecule has 0 unspecified atom stereocenters. The lowest BCUT2D eigenvalue weighted by molar-refractivity contribution is -0.137. The summed E-state index contributed by atoms with van der Waals surface area (Å²) in [6, 6.07) is 8.15. The summed E-state index contributed by atoms with van der Waals surface area (Å²) in [6.07, 6.45) is 0.523. The molecule has 1 aliphatic heterocycles. The van der Waals surface area contributed by atoms with Crippen molar-refractivity contribution in [2.24, 2.45) is 0 Å². The van der Waals surface area contributed by atoms with Gasteiger partial charge in [-0.15, -0.1) is 0 Å². The normalized spacial score (nSPS) is 17.3. The van der Waals surface area contributed by atoms with Gasteiger partial charge in [0.15, 0.2) is 0 Å². The molecule has 6 nitrogen and oxygen atoms in total. The van der Waals surface area contributed by atoms with Crippen LogP contribution in [0.15, 0.2) is 48.8 Å². The van der Waals surface area contributed by atoms with Gasteiger partial charge in [0.25, 0.3) is 0 Å². The maximum atomic E-state index is 13.0. The number of aromatic nitrogens is 1. The van der Waals surface area contributed by atoms with Gasteiger partial charge in [-0.25, -0.2) is 0 Å². The van der Waals surface area contributed by atoms with Crippen LogP contribution >= 0.6 is 0 Å². The standard InChI is InChI=1S/C22H25F3N4O2/c23-22(24,25)18-7-1-4-17(12-18)15-29-11-10-28-21(31)19(29)13-20(30)27-9-3-6-16-5-2-8-26-14-16/h1-2,4-5,7-8,12,14,19H,3,6,9-11,13,15H2,(H,27,30)(H,28,31)/t19-/m0/s1. The van der Waals surface area contributed by atoms with E-state index in [-0.39, 0.29) is 24.8 Å². The van der Waals surface area contributed by atoms with E-state index in [0.29, 0.717) is 25.2 Å². The molecular formula is C22H25F3N4O2. The van der Waals surface area contributed by atoms with Crippen molar-refractivity contribution in [2.45, 2.75) is 38.0 Å². The average molecular weight is 434 g/mol. The summed E-state index contributed by atoms with van der Waals surface area (Å²) < 4.78 is 38.9. The van der Waals surface area contributed by atoms with E-state index in [1.54, 1.807) is 23.4 Å². The van der Waals surface area contributed by atoms with Crippen LogP contribution in [0, 0.1) is 0 Å². The predicted molar refractivity (Wildman–Crippen MR) is 109 cm³/mol. The second-order valence-corrected chi connectivity index (χ2v) is 7.49. The molecule has 1 saturated heterocycles. The molecule has 0 aliphatic carbocycles. The van der Waals surface area contributed by atoms with E-state index in [4.69, 9.17) is 0 Å². The molecule has 1 aromatic carbocycles. The quantitative estimate of drug-likeness (QED) is 0.627. The fourth-order valence-electron chi connectivity index (χ4n) is 3.57. The summed E-state index contributed by atoms with van der Waals surface area (Å²) in [5, 5.41) is 5.55. The van der Waals surface area contributed by atoms with Gasteiger partial charge >= 0.3 is 6.18 Å². The number of hydrogen-bond acceptors (Lipinski definition) is 4. The number of halogens is 3. The van der Waals surface area contributed by atoms with Crippen LogP contribution < -0.4 is 10.6 Å². The summed E-state index contributed by atoms with van der Waals surface area (Å²) in [6.45, 7) is 1.48. The number of nitrogens with zero attached hydrogens (tertiary/aromatic N) is 2. The zero-order valence-electron chi connectivity index (χ0n) is 17.0. The third-order valence-corrected chi connectivity index (χ3v) is 5.15. The number of nitrogens with one attached hydrogen (secondary N) is 2. The Labute approximate surface area is 178 Å². The Balaban J connectivity index is 1.54. The fourth-order valence-corrected chi connectivity index (χ4v) is 3.57. The van der Waals surface area contributed by atoms with Crippen LogP contribution in [0.1, 0.15) is 29.5 Å². The Morgan fingerprint density at radius 3 is 2.77 bits per heavy atom. The highest BCUT2D eigenvalue weighted by molar-refractivity contribution is 5.88. The summed E-state index contributed by atoms with van der Waals surface area (Å²) in [4.78, 5) is 30.5. The summed E-state index contributed by atoms with van der Waals surface area (Å²) in [5.41, 5.74) is 0.802. The third kappa shape index (κ3) is 6.78. The smallest absolute Gasteiger partial charge is 0.356 e. The van der Waals surface area contributed by atoms with Crippen molar-refractivity contribution < 1.29 is 22.8 Å². The van der Waals surface area contributed by atoms with Crippen molar-refractivity contribution in [1.82, 2.24) is 20.5 Å². The summed E-state index contributed by atoms with van der Waals surface area (Å²) >= 11 is 0. The zero-order chi connectivity index (χ0) is 22.3. The highest BCUT2D eigenvalue weighted by atomic mass is 19.4. The first-order chi connectivity index (χ1) is 14.8. The number of pyridine rings is 1. The molecule has 1 aromatic heterocycles. The van der Waals surface area contributed by atoms with Gasteiger partial charge in [0, 0.05) is 38.6 Å². The largest absolute Gasteiger partial charge is 0.416 e. The van der Waals surface area contributed by atoms with Gasteiger partial charge in [-0.3, -0.25) is 19.5 Å².